The Kier molecular flexibility index (Phi) is 3.61. The van der Waals surface area contributed by atoms with Gasteiger partial charge in [0.1, 0.15) is 0 Å². The van der Waals surface area contributed by atoms with E-state index in [0.717, 1.165) is 4.90 Å². The molecule has 0 unspecified atom stereocenters. The summed E-state index contributed by atoms with van der Waals surface area (Å²) in [5.74, 6) is -0.259. The van der Waals surface area contributed by atoms with Crippen LogP contribution < -0.4 is 0 Å². The smallest absolute Gasteiger partial charge is 0.275 e. The molecule has 0 bridgehead atoms. The molecule has 5 nitrogen and oxygen atoms in total. The molecule has 0 atom stereocenters. The van der Waals surface area contributed by atoms with Gasteiger partial charge in [0.15, 0.2) is 0 Å². The Morgan fingerprint density at radius 3 is 2.89 bits per heavy atom. The first-order valence-corrected chi connectivity index (χ1v) is 6.09. The molecule has 2 rings (SSSR count). The van der Waals surface area contributed by atoms with Gasteiger partial charge in [-0.25, -0.2) is 0 Å². The van der Waals surface area contributed by atoms with E-state index in [1.54, 1.807) is 16.9 Å². The van der Waals surface area contributed by atoms with Gasteiger partial charge in [-0.1, -0.05) is 6.07 Å². The number of halogens is 1. The topological polar surface area (TPSA) is 61.0 Å². The highest BCUT2D eigenvalue weighted by Crippen LogP contribution is 2.24. The maximum atomic E-state index is 13.4. The number of hydrogen-bond acceptors (Lipinski definition) is 4. The lowest BCUT2D eigenvalue weighted by Gasteiger charge is -2.00. The Morgan fingerprint density at radius 2 is 2.33 bits per heavy atom. The fraction of sp³-hybridized carbons (Fsp3) is 0.182. The Hall–Kier alpha value is -1.89. The van der Waals surface area contributed by atoms with Crippen molar-refractivity contribution in [3.8, 4) is 0 Å². The lowest BCUT2D eigenvalue weighted by molar-refractivity contribution is -0.387. The molecule has 2 aromatic rings. The Morgan fingerprint density at radius 1 is 1.56 bits per heavy atom. The normalized spacial score (nSPS) is 10.6. The van der Waals surface area contributed by atoms with E-state index in [-0.39, 0.29) is 0 Å². The Balaban J connectivity index is 2.06. The molecule has 1 aromatic heterocycles. The number of aryl methyl sites for hydroxylation is 1. The van der Waals surface area contributed by atoms with Crippen LogP contribution in [0.3, 0.4) is 0 Å². The first-order valence-electron chi connectivity index (χ1n) is 5.10. The van der Waals surface area contributed by atoms with Crippen molar-refractivity contribution in [3.05, 3.63) is 52.1 Å². The monoisotopic (exact) mass is 267 g/mol. The largest absolute Gasteiger partial charge is 0.304 e. The molecular formula is C11H10FN3O2S. The molecule has 0 N–H and O–H groups in total. The maximum Gasteiger partial charge on any atom is 0.304 e. The van der Waals surface area contributed by atoms with Crippen LogP contribution in [0.5, 0.6) is 0 Å². The molecule has 0 aliphatic rings. The van der Waals surface area contributed by atoms with Crippen LogP contribution in [0, 0.1) is 15.9 Å². The lowest BCUT2D eigenvalue weighted by atomic mass is 10.2. The van der Waals surface area contributed by atoms with Gasteiger partial charge < -0.3 is 0 Å². The van der Waals surface area contributed by atoms with E-state index in [0.29, 0.717) is 11.3 Å². The predicted molar refractivity (Wildman–Crippen MR) is 65.8 cm³/mol. The van der Waals surface area contributed by atoms with Crippen LogP contribution in [0.15, 0.2) is 35.5 Å². The summed E-state index contributed by atoms with van der Waals surface area (Å²) in [5, 5.41) is 14.5. The third-order valence-electron chi connectivity index (χ3n) is 2.30. The number of hydrogen-bond donors (Lipinski definition) is 0. The van der Waals surface area contributed by atoms with Gasteiger partial charge in [0.25, 0.3) is 0 Å². The number of thioether (sulfide) groups is 1. The fourth-order valence-corrected chi connectivity index (χ4v) is 2.29. The zero-order valence-electron chi connectivity index (χ0n) is 9.54. The van der Waals surface area contributed by atoms with E-state index in [4.69, 9.17) is 0 Å². The molecule has 0 radical (unpaired) electrons. The van der Waals surface area contributed by atoms with Gasteiger partial charge in [-0.05, 0) is 11.6 Å². The average Bonchev–Trinajstić information content (AvgIpc) is 2.72. The lowest BCUT2D eigenvalue weighted by Crippen LogP contribution is -1.93. The molecule has 0 saturated carbocycles. The van der Waals surface area contributed by atoms with Crippen LogP contribution in [0.4, 0.5) is 10.1 Å². The number of aromatic nitrogens is 2. The van der Waals surface area contributed by atoms with Gasteiger partial charge in [-0.3, -0.25) is 14.8 Å². The summed E-state index contributed by atoms with van der Waals surface area (Å²) in [6, 6.07) is 3.94. The Labute approximate surface area is 107 Å². The molecule has 18 heavy (non-hydrogen) atoms. The summed E-state index contributed by atoms with van der Waals surface area (Å²) in [7, 11) is 1.82. The molecular weight excluding hydrogens is 257 g/mol. The molecule has 7 heteroatoms. The summed E-state index contributed by atoms with van der Waals surface area (Å²) in [4.78, 5) is 10.7. The minimum atomic E-state index is -0.802. The second kappa shape index (κ2) is 5.18. The highest BCUT2D eigenvalue weighted by molar-refractivity contribution is 7.98. The third-order valence-corrected chi connectivity index (χ3v) is 3.32. The number of nitrogens with zero attached hydrogens (tertiary/aromatic N) is 3. The van der Waals surface area contributed by atoms with Crippen LogP contribution in [0.1, 0.15) is 5.56 Å². The number of nitro groups is 1. The quantitative estimate of drug-likeness (QED) is 0.485. The van der Waals surface area contributed by atoms with Crippen molar-refractivity contribution >= 4 is 17.4 Å². The van der Waals surface area contributed by atoms with Crippen LogP contribution in [-0.4, -0.2) is 14.7 Å². The minimum Gasteiger partial charge on any atom is -0.275 e. The van der Waals surface area contributed by atoms with Crippen molar-refractivity contribution in [2.24, 2.45) is 7.05 Å². The van der Waals surface area contributed by atoms with E-state index in [1.165, 1.54) is 23.9 Å². The molecule has 1 aromatic carbocycles. The van der Waals surface area contributed by atoms with E-state index in [9.17, 15) is 14.5 Å². The van der Waals surface area contributed by atoms with E-state index < -0.39 is 16.4 Å². The summed E-state index contributed by atoms with van der Waals surface area (Å²) in [6.07, 6.45) is 3.57. The van der Waals surface area contributed by atoms with Crippen molar-refractivity contribution in [3.63, 3.8) is 0 Å². The van der Waals surface area contributed by atoms with Gasteiger partial charge in [-0.2, -0.15) is 9.49 Å². The van der Waals surface area contributed by atoms with Crippen LogP contribution >= 0.6 is 11.8 Å². The van der Waals surface area contributed by atoms with Crippen LogP contribution in [0.25, 0.3) is 0 Å². The summed E-state index contributed by atoms with van der Waals surface area (Å²) >= 11 is 1.50. The molecule has 0 saturated heterocycles. The second-order valence-corrected chi connectivity index (χ2v) is 4.73. The molecule has 0 amide bonds. The molecule has 0 spiro atoms. The van der Waals surface area contributed by atoms with Crippen molar-refractivity contribution in [2.75, 3.05) is 0 Å². The molecule has 94 valence electrons. The highest BCUT2D eigenvalue weighted by atomic mass is 32.2. The van der Waals surface area contributed by atoms with Crippen molar-refractivity contribution in [2.45, 2.75) is 10.6 Å². The summed E-state index contributed by atoms with van der Waals surface area (Å²) in [5.41, 5.74) is 0.206. The molecule has 1 heterocycles. The van der Waals surface area contributed by atoms with Crippen molar-refractivity contribution in [1.29, 1.82) is 0 Å². The molecule has 0 aliphatic carbocycles. The SMILES string of the molecule is Cn1cc(SCc2ccc([N+](=O)[O-])c(F)c2)cn1. The third kappa shape index (κ3) is 2.86. The van der Waals surface area contributed by atoms with Gasteiger partial charge in [0, 0.05) is 30.0 Å². The van der Waals surface area contributed by atoms with Crippen molar-refractivity contribution in [1.82, 2.24) is 9.78 Å². The number of benzene rings is 1. The summed E-state index contributed by atoms with van der Waals surface area (Å²) in [6.45, 7) is 0. The molecule has 0 aliphatic heterocycles. The van der Waals surface area contributed by atoms with Gasteiger partial charge >= 0.3 is 5.69 Å². The Bertz CT molecular complexity index is 585. The van der Waals surface area contributed by atoms with E-state index >= 15 is 0 Å². The predicted octanol–water partition coefficient (Wildman–Crippen LogP) is 2.76. The second-order valence-electron chi connectivity index (χ2n) is 3.68. The maximum absolute atomic E-state index is 13.4. The first kappa shape index (κ1) is 12.6. The number of rotatable bonds is 4. The van der Waals surface area contributed by atoms with Crippen LogP contribution in [-0.2, 0) is 12.8 Å². The van der Waals surface area contributed by atoms with Gasteiger partial charge in [-0.15, -0.1) is 11.8 Å². The van der Waals surface area contributed by atoms with Crippen molar-refractivity contribution < 1.29 is 9.31 Å². The first-order chi connectivity index (χ1) is 8.56. The molecule has 0 fully saturated rings. The average molecular weight is 267 g/mol. The van der Waals surface area contributed by atoms with E-state index in [1.807, 2.05) is 13.2 Å². The standard InChI is InChI=1S/C11H10FN3O2S/c1-14-6-9(5-13-14)18-7-8-2-3-11(15(16)17)10(12)4-8/h2-6H,7H2,1H3. The van der Waals surface area contributed by atoms with E-state index in [2.05, 4.69) is 5.10 Å². The zero-order valence-corrected chi connectivity index (χ0v) is 10.4. The highest BCUT2D eigenvalue weighted by Gasteiger charge is 2.13. The zero-order chi connectivity index (χ0) is 13.1. The summed E-state index contributed by atoms with van der Waals surface area (Å²) < 4.78 is 15.0. The van der Waals surface area contributed by atoms with Crippen LogP contribution in [0.2, 0.25) is 0 Å². The minimum absolute atomic E-state index is 0.495. The number of nitro benzene ring substituents is 1. The fourth-order valence-electron chi connectivity index (χ4n) is 1.43. The van der Waals surface area contributed by atoms with Gasteiger partial charge in [0.2, 0.25) is 5.82 Å². The van der Waals surface area contributed by atoms with Gasteiger partial charge in [0.05, 0.1) is 11.1 Å².